The van der Waals surface area contributed by atoms with Crippen molar-refractivity contribution in [2.24, 2.45) is 0 Å². The third kappa shape index (κ3) is 3.36. The van der Waals surface area contributed by atoms with Crippen molar-refractivity contribution in [2.45, 2.75) is 24.9 Å². The van der Waals surface area contributed by atoms with E-state index in [0.717, 1.165) is 24.6 Å². The fourth-order valence-electron chi connectivity index (χ4n) is 2.61. The SMILES string of the molecule is CN(CC1CCCN1C)C(=O)C1CSCCN1. The summed E-state index contributed by atoms with van der Waals surface area (Å²) in [5, 5.41) is 3.31. The predicted octanol–water partition coefficient (Wildman–Crippen LogP) is 0.244. The molecule has 2 rings (SSSR count). The Bertz CT molecular complexity index is 268. The summed E-state index contributed by atoms with van der Waals surface area (Å²) in [5.74, 6) is 2.31. The zero-order valence-electron chi connectivity index (χ0n) is 10.8. The molecular weight excluding hydrogens is 234 g/mol. The van der Waals surface area contributed by atoms with Gasteiger partial charge in [-0.15, -0.1) is 0 Å². The monoisotopic (exact) mass is 257 g/mol. The largest absolute Gasteiger partial charge is 0.343 e. The molecule has 0 aromatic rings. The number of thioether (sulfide) groups is 1. The summed E-state index contributed by atoms with van der Waals surface area (Å²) >= 11 is 1.87. The molecule has 2 heterocycles. The zero-order chi connectivity index (χ0) is 12.3. The number of carbonyl (C=O) groups is 1. The Balaban J connectivity index is 1.81. The minimum absolute atomic E-state index is 0.0328. The standard InChI is InChI=1S/C12H23N3OS/c1-14-6-3-4-10(14)8-15(2)12(16)11-9-17-7-5-13-11/h10-11,13H,3-9H2,1-2H3. The second-order valence-electron chi connectivity index (χ2n) is 5.08. The molecule has 2 unspecified atom stereocenters. The molecule has 2 saturated heterocycles. The van der Waals surface area contributed by atoms with Crippen LogP contribution in [0.4, 0.5) is 0 Å². The Labute approximate surface area is 108 Å². The summed E-state index contributed by atoms with van der Waals surface area (Å²) in [4.78, 5) is 16.5. The van der Waals surface area contributed by atoms with Gasteiger partial charge in [0.15, 0.2) is 0 Å². The van der Waals surface area contributed by atoms with Gasteiger partial charge in [-0.2, -0.15) is 11.8 Å². The van der Waals surface area contributed by atoms with Crippen LogP contribution in [0.2, 0.25) is 0 Å². The summed E-state index contributed by atoms with van der Waals surface area (Å²) in [5.41, 5.74) is 0. The molecule has 0 spiro atoms. The molecule has 2 fully saturated rings. The number of hydrogen-bond acceptors (Lipinski definition) is 4. The van der Waals surface area contributed by atoms with Crippen molar-refractivity contribution < 1.29 is 4.79 Å². The first-order chi connectivity index (χ1) is 8.18. The molecule has 17 heavy (non-hydrogen) atoms. The number of hydrogen-bond donors (Lipinski definition) is 1. The molecule has 0 saturated carbocycles. The molecule has 5 heteroatoms. The van der Waals surface area contributed by atoms with Gasteiger partial charge in [-0.3, -0.25) is 4.79 Å². The van der Waals surface area contributed by atoms with Gasteiger partial charge in [0, 0.05) is 37.7 Å². The molecule has 0 aromatic heterocycles. The molecule has 2 aliphatic heterocycles. The van der Waals surface area contributed by atoms with Gasteiger partial charge in [0.2, 0.25) is 5.91 Å². The third-order valence-corrected chi connectivity index (χ3v) is 4.81. The summed E-state index contributed by atoms with van der Waals surface area (Å²) in [6.07, 6.45) is 2.49. The number of amides is 1. The number of likely N-dealkylation sites (tertiary alicyclic amines) is 1. The van der Waals surface area contributed by atoms with E-state index in [9.17, 15) is 4.79 Å². The summed E-state index contributed by atoms with van der Waals surface area (Å²) in [6.45, 7) is 3.00. The molecule has 98 valence electrons. The van der Waals surface area contributed by atoms with Crippen molar-refractivity contribution in [2.75, 3.05) is 45.2 Å². The maximum absolute atomic E-state index is 12.2. The van der Waals surface area contributed by atoms with Crippen LogP contribution in [0, 0.1) is 0 Å². The highest BCUT2D eigenvalue weighted by Crippen LogP contribution is 2.16. The lowest BCUT2D eigenvalue weighted by atomic mass is 10.2. The smallest absolute Gasteiger partial charge is 0.240 e. The average molecular weight is 257 g/mol. The minimum atomic E-state index is 0.0328. The van der Waals surface area contributed by atoms with Crippen molar-refractivity contribution >= 4 is 17.7 Å². The van der Waals surface area contributed by atoms with E-state index in [-0.39, 0.29) is 11.9 Å². The van der Waals surface area contributed by atoms with Crippen molar-refractivity contribution in [3.8, 4) is 0 Å². The van der Waals surface area contributed by atoms with Gasteiger partial charge < -0.3 is 15.1 Å². The van der Waals surface area contributed by atoms with Gasteiger partial charge in [-0.25, -0.2) is 0 Å². The van der Waals surface area contributed by atoms with E-state index in [1.807, 2.05) is 23.7 Å². The van der Waals surface area contributed by atoms with Gasteiger partial charge in [0.1, 0.15) is 0 Å². The van der Waals surface area contributed by atoms with Crippen molar-refractivity contribution in [3.63, 3.8) is 0 Å². The topological polar surface area (TPSA) is 35.6 Å². The van der Waals surface area contributed by atoms with Gasteiger partial charge >= 0.3 is 0 Å². The lowest BCUT2D eigenvalue weighted by molar-refractivity contribution is -0.132. The van der Waals surface area contributed by atoms with Crippen LogP contribution in [0.15, 0.2) is 0 Å². The first-order valence-electron chi connectivity index (χ1n) is 6.45. The number of carbonyl (C=O) groups excluding carboxylic acids is 1. The van der Waals surface area contributed by atoms with Gasteiger partial charge in [-0.05, 0) is 26.4 Å². The molecule has 1 amide bonds. The van der Waals surface area contributed by atoms with Crippen LogP contribution in [-0.2, 0) is 4.79 Å². The van der Waals surface area contributed by atoms with Crippen molar-refractivity contribution in [3.05, 3.63) is 0 Å². The number of likely N-dealkylation sites (N-methyl/N-ethyl adjacent to an activating group) is 2. The molecule has 0 aromatic carbocycles. The summed E-state index contributed by atoms with van der Waals surface area (Å²) < 4.78 is 0. The lowest BCUT2D eigenvalue weighted by Gasteiger charge is -2.30. The Morgan fingerprint density at radius 3 is 3.00 bits per heavy atom. The fourth-order valence-corrected chi connectivity index (χ4v) is 3.53. The molecular formula is C12H23N3OS. The Hall–Kier alpha value is -0.260. The zero-order valence-corrected chi connectivity index (χ0v) is 11.6. The van der Waals surface area contributed by atoms with Gasteiger partial charge in [0.05, 0.1) is 6.04 Å². The van der Waals surface area contributed by atoms with Crippen LogP contribution in [0.25, 0.3) is 0 Å². The van der Waals surface area contributed by atoms with Crippen LogP contribution in [0.1, 0.15) is 12.8 Å². The van der Waals surface area contributed by atoms with Crippen LogP contribution in [0.5, 0.6) is 0 Å². The van der Waals surface area contributed by atoms with Crippen LogP contribution in [0.3, 0.4) is 0 Å². The number of nitrogens with zero attached hydrogens (tertiary/aromatic N) is 2. The van der Waals surface area contributed by atoms with E-state index >= 15 is 0 Å². The van der Waals surface area contributed by atoms with E-state index in [1.165, 1.54) is 19.4 Å². The second kappa shape index (κ2) is 6.07. The number of rotatable bonds is 3. The Morgan fingerprint density at radius 2 is 2.41 bits per heavy atom. The van der Waals surface area contributed by atoms with E-state index < -0.39 is 0 Å². The first kappa shape index (κ1) is 13.2. The average Bonchev–Trinajstić information content (AvgIpc) is 2.75. The first-order valence-corrected chi connectivity index (χ1v) is 7.60. The summed E-state index contributed by atoms with van der Waals surface area (Å²) in [7, 11) is 4.10. The van der Waals surface area contributed by atoms with E-state index in [2.05, 4.69) is 17.3 Å². The normalized spacial score (nSPS) is 30.5. The van der Waals surface area contributed by atoms with Crippen molar-refractivity contribution in [1.29, 1.82) is 0 Å². The second-order valence-corrected chi connectivity index (χ2v) is 6.23. The summed E-state index contributed by atoms with van der Waals surface area (Å²) in [6, 6.07) is 0.589. The van der Waals surface area contributed by atoms with E-state index in [0.29, 0.717) is 6.04 Å². The molecule has 2 atom stereocenters. The molecule has 4 nitrogen and oxygen atoms in total. The van der Waals surface area contributed by atoms with Crippen LogP contribution in [-0.4, -0.2) is 73.0 Å². The molecule has 0 bridgehead atoms. The minimum Gasteiger partial charge on any atom is -0.343 e. The molecule has 1 N–H and O–H groups in total. The third-order valence-electron chi connectivity index (χ3n) is 3.75. The highest BCUT2D eigenvalue weighted by Gasteiger charge is 2.28. The fraction of sp³-hybridized carbons (Fsp3) is 0.917. The predicted molar refractivity (Wildman–Crippen MR) is 72.4 cm³/mol. The quantitative estimate of drug-likeness (QED) is 0.786. The molecule has 0 aliphatic carbocycles. The molecule has 0 radical (unpaired) electrons. The molecule has 2 aliphatic rings. The Kier molecular flexibility index (Phi) is 4.70. The maximum Gasteiger partial charge on any atom is 0.240 e. The van der Waals surface area contributed by atoms with Crippen LogP contribution >= 0.6 is 11.8 Å². The van der Waals surface area contributed by atoms with Crippen LogP contribution < -0.4 is 5.32 Å². The van der Waals surface area contributed by atoms with E-state index in [1.54, 1.807) is 0 Å². The highest BCUT2D eigenvalue weighted by molar-refractivity contribution is 7.99. The van der Waals surface area contributed by atoms with Gasteiger partial charge in [0.25, 0.3) is 0 Å². The number of nitrogens with one attached hydrogen (secondary N) is 1. The van der Waals surface area contributed by atoms with Crippen molar-refractivity contribution in [1.82, 2.24) is 15.1 Å². The highest BCUT2D eigenvalue weighted by atomic mass is 32.2. The lowest BCUT2D eigenvalue weighted by Crippen LogP contribution is -2.51. The van der Waals surface area contributed by atoms with Gasteiger partial charge in [-0.1, -0.05) is 0 Å². The maximum atomic E-state index is 12.2. The van der Waals surface area contributed by atoms with E-state index in [4.69, 9.17) is 0 Å². The Morgan fingerprint density at radius 1 is 1.59 bits per heavy atom.